The van der Waals surface area contributed by atoms with Crippen molar-refractivity contribution in [3.05, 3.63) is 52.8 Å². The third kappa shape index (κ3) is 3.46. The van der Waals surface area contributed by atoms with E-state index in [1.807, 2.05) is 48.9 Å². The minimum Gasteiger partial charge on any atom is -0.394 e. The summed E-state index contributed by atoms with van der Waals surface area (Å²) in [6, 6.07) is 10.1. The smallest absolute Gasteiger partial charge is 0.0814 e. The first-order valence-electron chi connectivity index (χ1n) is 7.22. The van der Waals surface area contributed by atoms with E-state index in [4.69, 9.17) is 11.6 Å². The fraction of sp³-hybridized carbons (Fsp3) is 0.438. The summed E-state index contributed by atoms with van der Waals surface area (Å²) in [6.07, 6.45) is 2.40. The molecule has 0 aliphatic carbocycles. The Labute approximate surface area is 130 Å². The molecule has 1 heterocycles. The first-order chi connectivity index (χ1) is 10.1. The van der Waals surface area contributed by atoms with Gasteiger partial charge >= 0.3 is 0 Å². The molecule has 1 aromatic heterocycles. The van der Waals surface area contributed by atoms with Crippen LogP contribution in [-0.2, 0) is 12.1 Å². The number of nitrogens with one attached hydrogen (secondary N) is 1. The average Bonchev–Trinajstić information content (AvgIpc) is 2.84. The van der Waals surface area contributed by atoms with Crippen molar-refractivity contribution in [2.24, 2.45) is 0 Å². The number of aromatic nitrogens is 2. The van der Waals surface area contributed by atoms with Gasteiger partial charge in [-0.25, -0.2) is 0 Å². The third-order valence-electron chi connectivity index (χ3n) is 3.91. The number of aliphatic hydroxyl groups is 1. The minimum absolute atomic E-state index is 0.0406. The molecule has 0 saturated carbocycles. The summed E-state index contributed by atoms with van der Waals surface area (Å²) >= 11 is 6.04. The summed E-state index contributed by atoms with van der Waals surface area (Å²) in [6.45, 7) is 5.52. The lowest BCUT2D eigenvalue weighted by molar-refractivity contribution is 0.146. The van der Waals surface area contributed by atoms with Gasteiger partial charge in [-0.2, -0.15) is 5.10 Å². The number of halogens is 1. The summed E-state index contributed by atoms with van der Waals surface area (Å²) in [5.74, 6) is 0. The number of hydrogen-bond acceptors (Lipinski definition) is 3. The highest BCUT2D eigenvalue weighted by atomic mass is 35.5. The second-order valence-electron chi connectivity index (χ2n) is 5.19. The molecule has 5 heteroatoms. The number of hydrogen-bond donors (Lipinski definition) is 2. The van der Waals surface area contributed by atoms with E-state index in [0.717, 1.165) is 24.2 Å². The molecule has 1 atom stereocenters. The fourth-order valence-corrected chi connectivity index (χ4v) is 2.74. The van der Waals surface area contributed by atoms with E-state index in [0.29, 0.717) is 11.6 Å². The fourth-order valence-electron chi connectivity index (χ4n) is 2.60. The molecule has 0 aliphatic heterocycles. The molecular weight excluding hydrogens is 286 g/mol. The van der Waals surface area contributed by atoms with Crippen molar-refractivity contribution < 1.29 is 5.11 Å². The zero-order chi connectivity index (χ0) is 15.3. The average molecular weight is 308 g/mol. The van der Waals surface area contributed by atoms with Crippen molar-refractivity contribution in [2.75, 3.05) is 13.2 Å². The van der Waals surface area contributed by atoms with Crippen LogP contribution in [0.1, 0.15) is 24.6 Å². The molecule has 21 heavy (non-hydrogen) atoms. The molecule has 4 nitrogen and oxygen atoms in total. The number of rotatable bonds is 7. The quantitative estimate of drug-likeness (QED) is 0.827. The van der Waals surface area contributed by atoms with Gasteiger partial charge in [0.1, 0.15) is 0 Å². The van der Waals surface area contributed by atoms with Gasteiger partial charge in [0.2, 0.25) is 0 Å². The largest absolute Gasteiger partial charge is 0.394 e. The molecule has 0 radical (unpaired) electrons. The molecule has 0 spiro atoms. The van der Waals surface area contributed by atoms with Gasteiger partial charge in [0.15, 0.2) is 0 Å². The Morgan fingerprint density at radius 3 is 2.57 bits per heavy atom. The molecule has 0 bridgehead atoms. The predicted molar refractivity (Wildman–Crippen MR) is 85.5 cm³/mol. The van der Waals surface area contributed by atoms with Crippen LogP contribution < -0.4 is 5.32 Å². The summed E-state index contributed by atoms with van der Waals surface area (Å²) in [5, 5.41) is 18.4. The molecule has 2 N–H and O–H groups in total. The highest BCUT2D eigenvalue weighted by molar-refractivity contribution is 6.31. The zero-order valence-corrected chi connectivity index (χ0v) is 13.3. The van der Waals surface area contributed by atoms with Crippen molar-refractivity contribution in [3.8, 4) is 0 Å². The van der Waals surface area contributed by atoms with Gasteiger partial charge in [-0.05, 0) is 25.5 Å². The van der Waals surface area contributed by atoms with Crippen LogP contribution in [0.4, 0.5) is 0 Å². The van der Waals surface area contributed by atoms with E-state index in [9.17, 15) is 5.11 Å². The molecule has 0 amide bonds. The van der Waals surface area contributed by atoms with Crippen molar-refractivity contribution in [1.82, 2.24) is 15.1 Å². The summed E-state index contributed by atoms with van der Waals surface area (Å²) in [4.78, 5) is 0. The van der Waals surface area contributed by atoms with Gasteiger partial charge in [-0.1, -0.05) is 48.9 Å². The van der Waals surface area contributed by atoms with Crippen LogP contribution in [0.25, 0.3) is 0 Å². The van der Waals surface area contributed by atoms with E-state index in [2.05, 4.69) is 10.4 Å². The van der Waals surface area contributed by atoms with Crippen LogP contribution in [-0.4, -0.2) is 28.0 Å². The molecule has 2 aromatic rings. The molecular formula is C16H22ClN3O. The molecule has 1 aromatic carbocycles. The predicted octanol–water partition coefficient (Wildman–Crippen LogP) is 2.73. The summed E-state index contributed by atoms with van der Waals surface area (Å²) < 4.78 is 1.88. The van der Waals surface area contributed by atoms with Crippen LogP contribution in [0, 0.1) is 6.92 Å². The Morgan fingerprint density at radius 1 is 1.33 bits per heavy atom. The summed E-state index contributed by atoms with van der Waals surface area (Å²) in [7, 11) is 0. The number of benzene rings is 1. The van der Waals surface area contributed by atoms with E-state index >= 15 is 0 Å². The molecule has 0 saturated heterocycles. The van der Waals surface area contributed by atoms with Crippen molar-refractivity contribution in [1.29, 1.82) is 0 Å². The summed E-state index contributed by atoms with van der Waals surface area (Å²) in [5.41, 5.74) is 1.58. The Balaban J connectivity index is 2.22. The van der Waals surface area contributed by atoms with Gasteiger partial charge in [-0.3, -0.25) is 4.68 Å². The van der Waals surface area contributed by atoms with Gasteiger partial charge in [-0.15, -0.1) is 0 Å². The molecule has 1 unspecified atom stereocenters. The zero-order valence-electron chi connectivity index (χ0n) is 12.5. The van der Waals surface area contributed by atoms with Gasteiger partial charge in [0.05, 0.1) is 29.1 Å². The van der Waals surface area contributed by atoms with Gasteiger partial charge in [0.25, 0.3) is 0 Å². The van der Waals surface area contributed by atoms with Crippen LogP contribution >= 0.6 is 11.6 Å². The highest BCUT2D eigenvalue weighted by Crippen LogP contribution is 2.26. The van der Waals surface area contributed by atoms with Gasteiger partial charge < -0.3 is 10.4 Å². The van der Waals surface area contributed by atoms with Gasteiger partial charge in [0, 0.05) is 6.54 Å². The maximum Gasteiger partial charge on any atom is 0.0814 e. The van der Waals surface area contributed by atoms with Crippen LogP contribution in [0.3, 0.4) is 0 Å². The number of aliphatic hydroxyl groups excluding tert-OH is 1. The van der Waals surface area contributed by atoms with Crippen molar-refractivity contribution >= 4 is 11.6 Å². The van der Waals surface area contributed by atoms with E-state index in [-0.39, 0.29) is 6.61 Å². The topological polar surface area (TPSA) is 50.1 Å². The minimum atomic E-state index is -0.457. The van der Waals surface area contributed by atoms with Crippen LogP contribution in [0.15, 0.2) is 36.5 Å². The van der Waals surface area contributed by atoms with E-state index in [1.165, 1.54) is 0 Å². The Kier molecular flexibility index (Phi) is 5.39. The lowest BCUT2D eigenvalue weighted by atomic mass is 9.87. The number of aryl methyl sites for hydroxylation is 1. The van der Waals surface area contributed by atoms with Crippen LogP contribution in [0.2, 0.25) is 5.02 Å². The molecule has 0 aliphatic rings. The molecule has 114 valence electrons. The first-order valence-corrected chi connectivity index (χ1v) is 7.60. The molecule has 2 rings (SSSR count). The SMILES string of the molecule is CCNC(CO)(CCn1ncc(Cl)c1C)c1ccccc1. The Morgan fingerprint density at radius 2 is 2.05 bits per heavy atom. The highest BCUT2D eigenvalue weighted by Gasteiger charge is 2.30. The molecule has 0 fully saturated rings. The van der Waals surface area contributed by atoms with Crippen LogP contribution in [0.5, 0.6) is 0 Å². The van der Waals surface area contributed by atoms with Crippen molar-refractivity contribution in [3.63, 3.8) is 0 Å². The monoisotopic (exact) mass is 307 g/mol. The maximum atomic E-state index is 10.00. The lowest BCUT2D eigenvalue weighted by Crippen LogP contribution is -2.46. The van der Waals surface area contributed by atoms with E-state index < -0.39 is 5.54 Å². The first kappa shape index (κ1) is 16.0. The standard InChI is InChI=1S/C16H22ClN3O/c1-3-18-16(12-21,14-7-5-4-6-8-14)9-10-20-13(2)15(17)11-19-20/h4-8,11,18,21H,3,9-10,12H2,1-2H3. The number of likely N-dealkylation sites (N-methyl/N-ethyl adjacent to an activating group) is 1. The van der Waals surface area contributed by atoms with E-state index in [1.54, 1.807) is 6.20 Å². The Bertz CT molecular complexity index is 570. The number of nitrogens with zero attached hydrogens (tertiary/aromatic N) is 2. The maximum absolute atomic E-state index is 10.00. The second kappa shape index (κ2) is 7.07. The van der Waals surface area contributed by atoms with Crippen molar-refractivity contribution in [2.45, 2.75) is 32.4 Å². The lowest BCUT2D eigenvalue weighted by Gasteiger charge is -2.33. The Hall–Kier alpha value is -1.36. The third-order valence-corrected chi connectivity index (χ3v) is 4.28. The second-order valence-corrected chi connectivity index (χ2v) is 5.59. The normalized spacial score (nSPS) is 14.1.